The molecule has 11 nitrogen and oxygen atoms in total. The number of carbonyl (C=O) groups is 4. The average molecular weight is 650 g/mol. The summed E-state index contributed by atoms with van der Waals surface area (Å²) in [5.41, 5.74) is 16.7. The highest BCUT2D eigenvalue weighted by Gasteiger charge is 2.38. The molecule has 4 aromatic carbocycles. The van der Waals surface area contributed by atoms with Crippen LogP contribution in [0.1, 0.15) is 27.8 Å². The minimum absolute atomic E-state index is 0.0467. The van der Waals surface area contributed by atoms with Gasteiger partial charge in [-0.1, -0.05) is 78.9 Å². The lowest BCUT2D eigenvalue weighted by molar-refractivity contribution is -0.144. The summed E-state index contributed by atoms with van der Waals surface area (Å²) in [6.07, 6.45) is 0.478. The van der Waals surface area contributed by atoms with Crippen LogP contribution in [0.2, 0.25) is 0 Å². The van der Waals surface area contributed by atoms with E-state index in [1.54, 1.807) is 60.7 Å². The number of nitrogen functional groups attached to an aromatic ring is 1. The highest BCUT2D eigenvalue weighted by Crippen LogP contribution is 2.25. The number of aliphatic carboxylic acids is 1. The highest BCUT2D eigenvalue weighted by atomic mass is 16.4. The molecule has 0 aliphatic carbocycles. The number of nitrogens with one attached hydrogen (secondary N) is 2. The van der Waals surface area contributed by atoms with Gasteiger partial charge in [0, 0.05) is 31.5 Å². The van der Waals surface area contributed by atoms with E-state index in [-0.39, 0.29) is 38.0 Å². The fourth-order valence-electron chi connectivity index (χ4n) is 5.86. The SMILES string of the molecule is Nc1ccc(C[C@H](NC(=O)[C@@H]2Cc3ccccc3CN2C(=O)C(N)Cc2ccc(O)cc2)C(=O)N[C@@H](Cc2ccccc2)C(=O)O)cc1. The first-order valence-electron chi connectivity index (χ1n) is 15.7. The Bertz CT molecular complexity index is 1750. The number of phenols is 1. The summed E-state index contributed by atoms with van der Waals surface area (Å²) < 4.78 is 0. The van der Waals surface area contributed by atoms with E-state index in [0.717, 1.165) is 22.3 Å². The Hall–Kier alpha value is -5.68. The van der Waals surface area contributed by atoms with Gasteiger partial charge in [-0.3, -0.25) is 14.4 Å². The molecular formula is C37H39N5O6. The zero-order valence-electron chi connectivity index (χ0n) is 26.3. The number of carbonyl (C=O) groups excluding carboxylic acids is 3. The molecule has 0 radical (unpaired) electrons. The molecule has 1 aliphatic heterocycles. The number of hydrogen-bond donors (Lipinski definition) is 6. The average Bonchev–Trinajstić information content (AvgIpc) is 3.09. The van der Waals surface area contributed by atoms with Crippen molar-refractivity contribution in [3.8, 4) is 5.75 Å². The fourth-order valence-corrected chi connectivity index (χ4v) is 5.86. The number of nitrogens with zero attached hydrogens (tertiary/aromatic N) is 1. The van der Waals surface area contributed by atoms with Gasteiger partial charge in [-0.05, 0) is 58.5 Å². The van der Waals surface area contributed by atoms with E-state index < -0.39 is 47.9 Å². The van der Waals surface area contributed by atoms with Gasteiger partial charge in [0.2, 0.25) is 17.7 Å². The summed E-state index contributed by atoms with van der Waals surface area (Å²) >= 11 is 0. The Kier molecular flexibility index (Phi) is 10.7. The second kappa shape index (κ2) is 15.3. The van der Waals surface area contributed by atoms with Gasteiger partial charge in [0.1, 0.15) is 23.9 Å². The van der Waals surface area contributed by atoms with Crippen molar-refractivity contribution in [2.75, 3.05) is 5.73 Å². The van der Waals surface area contributed by atoms with Crippen LogP contribution in [-0.2, 0) is 51.4 Å². The molecule has 0 saturated carbocycles. The lowest BCUT2D eigenvalue weighted by atomic mass is 9.92. The van der Waals surface area contributed by atoms with Crippen LogP contribution < -0.4 is 22.1 Å². The number of nitrogens with two attached hydrogens (primary N) is 2. The molecule has 48 heavy (non-hydrogen) atoms. The second-order valence-corrected chi connectivity index (χ2v) is 12.0. The molecule has 1 aliphatic rings. The number of phenolic OH excluding ortho intramolecular Hbond substituents is 1. The minimum Gasteiger partial charge on any atom is -0.508 e. The largest absolute Gasteiger partial charge is 0.508 e. The third kappa shape index (κ3) is 8.56. The van der Waals surface area contributed by atoms with Crippen molar-refractivity contribution in [2.45, 2.75) is 56.4 Å². The number of aromatic hydroxyl groups is 1. The van der Waals surface area contributed by atoms with E-state index in [0.29, 0.717) is 11.3 Å². The predicted molar refractivity (Wildman–Crippen MR) is 180 cm³/mol. The van der Waals surface area contributed by atoms with Gasteiger partial charge < -0.3 is 37.2 Å². The van der Waals surface area contributed by atoms with E-state index in [1.165, 1.54) is 17.0 Å². The summed E-state index contributed by atoms with van der Waals surface area (Å²) in [5, 5.41) is 25.0. The van der Waals surface area contributed by atoms with Crippen molar-refractivity contribution in [1.82, 2.24) is 15.5 Å². The minimum atomic E-state index is -1.25. The summed E-state index contributed by atoms with van der Waals surface area (Å²) in [6.45, 7) is 0.142. The Balaban J connectivity index is 1.39. The van der Waals surface area contributed by atoms with Crippen LogP contribution in [0.5, 0.6) is 5.75 Å². The standard InChI is InChI=1S/C37H39N5O6/c38-28-14-10-25(11-15-28)19-31(34(44)41-32(37(47)48)20-23-6-2-1-3-7-23)40-35(45)33-21-26-8-4-5-9-27(26)22-42(33)36(46)30(39)18-24-12-16-29(43)17-13-24/h1-17,30-33,43H,18-22,38-39H2,(H,40,45)(H,41,44)(H,47,48)/t30?,31-,32-,33-/m0/s1. The lowest BCUT2D eigenvalue weighted by Crippen LogP contribution is -2.60. The number of hydrogen-bond acceptors (Lipinski definition) is 7. The van der Waals surface area contributed by atoms with E-state index in [9.17, 15) is 29.4 Å². The van der Waals surface area contributed by atoms with Crippen molar-refractivity contribution in [3.63, 3.8) is 0 Å². The third-order valence-corrected chi connectivity index (χ3v) is 8.49. The molecule has 3 amide bonds. The Morgan fingerprint density at radius 1 is 0.729 bits per heavy atom. The molecule has 1 heterocycles. The quantitative estimate of drug-likeness (QED) is 0.126. The number of benzene rings is 4. The van der Waals surface area contributed by atoms with E-state index in [1.807, 2.05) is 30.3 Å². The fraction of sp³-hybridized carbons (Fsp3) is 0.243. The topological polar surface area (TPSA) is 188 Å². The van der Waals surface area contributed by atoms with E-state index in [4.69, 9.17) is 11.5 Å². The second-order valence-electron chi connectivity index (χ2n) is 12.0. The van der Waals surface area contributed by atoms with Gasteiger partial charge in [-0.25, -0.2) is 4.79 Å². The molecule has 4 aromatic rings. The van der Waals surface area contributed by atoms with Crippen LogP contribution in [0.15, 0.2) is 103 Å². The number of carboxylic acid groups (broad SMARTS) is 1. The van der Waals surface area contributed by atoms with Crippen molar-refractivity contribution in [2.24, 2.45) is 5.73 Å². The van der Waals surface area contributed by atoms with E-state index >= 15 is 0 Å². The molecular weight excluding hydrogens is 610 g/mol. The van der Waals surface area contributed by atoms with Crippen molar-refractivity contribution >= 4 is 29.4 Å². The molecule has 1 unspecified atom stereocenters. The van der Waals surface area contributed by atoms with Crippen LogP contribution >= 0.6 is 0 Å². The first-order valence-corrected chi connectivity index (χ1v) is 15.7. The number of fused-ring (bicyclic) bond motifs is 1. The summed E-state index contributed by atoms with van der Waals surface area (Å²) in [7, 11) is 0. The molecule has 248 valence electrons. The van der Waals surface area contributed by atoms with Gasteiger partial charge >= 0.3 is 5.97 Å². The van der Waals surface area contributed by atoms with Gasteiger partial charge in [-0.2, -0.15) is 0 Å². The Labute approximate surface area is 278 Å². The molecule has 0 fully saturated rings. The third-order valence-electron chi connectivity index (χ3n) is 8.49. The van der Waals surface area contributed by atoms with Gasteiger partial charge in [0.05, 0.1) is 6.04 Å². The van der Waals surface area contributed by atoms with Crippen LogP contribution in [0.3, 0.4) is 0 Å². The number of rotatable bonds is 12. The molecule has 0 spiro atoms. The van der Waals surface area contributed by atoms with Crippen molar-refractivity contribution < 1.29 is 29.4 Å². The molecule has 5 rings (SSSR count). The lowest BCUT2D eigenvalue weighted by Gasteiger charge is -2.38. The van der Waals surface area contributed by atoms with E-state index in [2.05, 4.69) is 10.6 Å². The number of carboxylic acids is 1. The van der Waals surface area contributed by atoms with Crippen molar-refractivity contribution in [3.05, 3.63) is 131 Å². The molecule has 11 heteroatoms. The zero-order valence-corrected chi connectivity index (χ0v) is 26.3. The summed E-state index contributed by atoms with van der Waals surface area (Å²) in [5.74, 6) is -2.81. The van der Waals surface area contributed by atoms with Crippen LogP contribution in [0, 0.1) is 0 Å². The molecule has 4 atom stereocenters. The Morgan fingerprint density at radius 2 is 1.29 bits per heavy atom. The smallest absolute Gasteiger partial charge is 0.326 e. The van der Waals surface area contributed by atoms with Gasteiger partial charge in [0.15, 0.2) is 0 Å². The van der Waals surface area contributed by atoms with Crippen LogP contribution in [-0.4, -0.2) is 63.0 Å². The first kappa shape index (κ1) is 33.7. The molecule has 0 bridgehead atoms. The van der Waals surface area contributed by atoms with Gasteiger partial charge in [0.25, 0.3) is 0 Å². The summed E-state index contributed by atoms with van der Waals surface area (Å²) in [4.78, 5) is 55.4. The zero-order chi connectivity index (χ0) is 34.2. The predicted octanol–water partition coefficient (Wildman–Crippen LogP) is 2.34. The molecule has 0 aromatic heterocycles. The normalized spacial score (nSPS) is 15.8. The monoisotopic (exact) mass is 649 g/mol. The number of amides is 3. The maximum absolute atomic E-state index is 14.1. The maximum Gasteiger partial charge on any atom is 0.326 e. The molecule has 0 saturated heterocycles. The van der Waals surface area contributed by atoms with Crippen LogP contribution in [0.25, 0.3) is 0 Å². The molecule has 8 N–H and O–H groups in total. The van der Waals surface area contributed by atoms with Gasteiger partial charge in [-0.15, -0.1) is 0 Å². The maximum atomic E-state index is 14.1. The van der Waals surface area contributed by atoms with Crippen LogP contribution in [0.4, 0.5) is 5.69 Å². The summed E-state index contributed by atoms with van der Waals surface area (Å²) in [6, 6.07) is 25.3. The van der Waals surface area contributed by atoms with Crippen molar-refractivity contribution in [1.29, 1.82) is 0 Å². The number of anilines is 1. The first-order chi connectivity index (χ1) is 23.1. The highest BCUT2D eigenvalue weighted by molar-refractivity contribution is 5.95. The Morgan fingerprint density at radius 3 is 1.96 bits per heavy atom.